The molecule has 3 aromatic rings. The highest BCUT2D eigenvalue weighted by Crippen LogP contribution is 2.33. The van der Waals surface area contributed by atoms with Gasteiger partial charge in [0.15, 0.2) is 0 Å². The van der Waals surface area contributed by atoms with Gasteiger partial charge in [-0.05, 0) is 84.6 Å². The Kier molecular flexibility index (Phi) is 8.52. The van der Waals surface area contributed by atoms with Crippen LogP contribution >= 0.6 is 0 Å². The topological polar surface area (TPSA) is 109 Å². The van der Waals surface area contributed by atoms with E-state index in [1.54, 1.807) is 52.1 Å². The molecule has 0 saturated carbocycles. The van der Waals surface area contributed by atoms with E-state index in [2.05, 4.69) is 0 Å². The zero-order valence-corrected chi connectivity index (χ0v) is 23.6. The minimum Gasteiger partial charge on any atom is -0.490 e. The maximum absolute atomic E-state index is 12.8. The Balaban J connectivity index is 1.51. The van der Waals surface area contributed by atoms with E-state index in [9.17, 15) is 31.6 Å². The molecular weight excluding hydrogens is 559 g/mol. The van der Waals surface area contributed by atoms with Gasteiger partial charge in [-0.3, -0.25) is 0 Å². The Labute approximate surface area is 236 Å². The summed E-state index contributed by atoms with van der Waals surface area (Å²) in [5.41, 5.74) is -3.95. The number of sulfonamides is 1. The lowest BCUT2D eigenvalue weighted by molar-refractivity contribution is -0.0448. The summed E-state index contributed by atoms with van der Waals surface area (Å²) in [7, 11) is -5.52. The number of carbonyl (C=O) groups excluding carboxylic acids is 1. The Morgan fingerprint density at radius 2 is 1.71 bits per heavy atom. The van der Waals surface area contributed by atoms with Gasteiger partial charge < -0.3 is 14.4 Å². The molecule has 1 aliphatic rings. The predicted octanol–water partition coefficient (Wildman–Crippen LogP) is 6.10. The molecule has 1 aliphatic heterocycles. The number of nitrogens with one attached hydrogen (secondary N) is 1. The smallest absolute Gasteiger partial charge is 0.490 e. The highest BCUT2D eigenvalue weighted by atomic mass is 32.2. The molecule has 12 heteroatoms. The molecule has 4 rings (SSSR count). The van der Waals surface area contributed by atoms with Gasteiger partial charge in [0.1, 0.15) is 17.5 Å². The van der Waals surface area contributed by atoms with Gasteiger partial charge in [-0.15, -0.1) is 0 Å². The molecule has 0 aromatic heterocycles. The van der Waals surface area contributed by atoms with Crippen LogP contribution in [0, 0.1) is 11.3 Å². The molecule has 1 heterocycles. The van der Waals surface area contributed by atoms with Crippen molar-refractivity contribution in [2.75, 3.05) is 13.1 Å². The van der Waals surface area contributed by atoms with Gasteiger partial charge >= 0.3 is 21.6 Å². The van der Waals surface area contributed by atoms with Crippen molar-refractivity contribution in [1.82, 2.24) is 9.62 Å². The SMILES string of the molecule is CC(C)(C)OC(=O)N1CCC(Oc2ccc(-c3cc(CNS(=O)(=O)C(F)(F)F)cc4cc(C#N)ccc34)cc2)CC1. The van der Waals surface area contributed by atoms with E-state index in [4.69, 9.17) is 9.47 Å². The normalized spacial score (nSPS) is 15.0. The van der Waals surface area contributed by atoms with Crippen molar-refractivity contribution >= 4 is 26.9 Å². The van der Waals surface area contributed by atoms with Crippen LogP contribution in [0.3, 0.4) is 0 Å². The maximum atomic E-state index is 12.8. The number of hydrogen-bond donors (Lipinski definition) is 1. The molecule has 3 aromatic carbocycles. The Hall–Kier alpha value is -3.82. The highest BCUT2D eigenvalue weighted by Gasteiger charge is 2.45. The molecule has 0 atom stereocenters. The van der Waals surface area contributed by atoms with Gasteiger partial charge in [-0.1, -0.05) is 18.2 Å². The fraction of sp³-hybridized carbons (Fsp3) is 0.379. The maximum Gasteiger partial charge on any atom is 0.511 e. The number of benzene rings is 3. The van der Waals surface area contributed by atoms with E-state index >= 15 is 0 Å². The molecule has 0 bridgehead atoms. The lowest BCUT2D eigenvalue weighted by Gasteiger charge is -2.33. The van der Waals surface area contributed by atoms with E-state index in [1.807, 2.05) is 39.0 Å². The summed E-state index contributed by atoms with van der Waals surface area (Å²) < 4.78 is 74.7. The van der Waals surface area contributed by atoms with Gasteiger partial charge in [0.2, 0.25) is 0 Å². The molecule has 1 amide bonds. The number of likely N-dealkylation sites (tertiary alicyclic amines) is 1. The number of nitrogens with zero attached hydrogens (tertiary/aromatic N) is 2. The van der Waals surface area contributed by atoms with Crippen LogP contribution in [0.25, 0.3) is 21.9 Å². The second kappa shape index (κ2) is 11.6. The third-order valence-electron chi connectivity index (χ3n) is 6.47. The number of hydrogen-bond acceptors (Lipinski definition) is 6. The third kappa shape index (κ3) is 7.48. The second-order valence-electron chi connectivity index (χ2n) is 10.8. The van der Waals surface area contributed by atoms with Crippen molar-refractivity contribution in [1.29, 1.82) is 5.26 Å². The molecule has 1 saturated heterocycles. The summed E-state index contributed by atoms with van der Waals surface area (Å²) in [4.78, 5) is 14.0. The minimum atomic E-state index is -5.52. The molecule has 0 spiro atoms. The van der Waals surface area contributed by atoms with Crippen molar-refractivity contribution in [3.63, 3.8) is 0 Å². The molecular formula is C29H30F3N3O5S. The molecule has 1 fully saturated rings. The number of nitriles is 1. The molecule has 8 nitrogen and oxygen atoms in total. The number of alkyl halides is 3. The number of amides is 1. The lowest BCUT2D eigenvalue weighted by atomic mass is 9.94. The van der Waals surface area contributed by atoms with Crippen LogP contribution in [-0.4, -0.2) is 49.7 Å². The lowest BCUT2D eigenvalue weighted by Crippen LogP contribution is -2.44. The standard InChI is InChI=1S/C29H30F3N3O5S/c1-28(2,3)40-27(36)35-12-10-24(11-13-35)39-23-7-5-21(6-8-23)26-16-20(18-34-41(37,38)29(30,31)32)15-22-14-19(17-33)4-9-25(22)26/h4-9,14-16,24,34H,10-13,18H2,1-3H3. The van der Waals surface area contributed by atoms with Crippen molar-refractivity contribution in [2.45, 2.75) is 57.4 Å². The van der Waals surface area contributed by atoms with Crippen LogP contribution in [0.5, 0.6) is 5.75 Å². The van der Waals surface area contributed by atoms with Crippen molar-refractivity contribution in [2.24, 2.45) is 0 Å². The van der Waals surface area contributed by atoms with Crippen LogP contribution in [0.2, 0.25) is 0 Å². The Morgan fingerprint density at radius 1 is 1.05 bits per heavy atom. The molecule has 218 valence electrons. The predicted molar refractivity (Wildman–Crippen MR) is 147 cm³/mol. The fourth-order valence-electron chi connectivity index (χ4n) is 4.49. The number of ether oxygens (including phenoxy) is 2. The summed E-state index contributed by atoms with van der Waals surface area (Å²) >= 11 is 0. The first-order chi connectivity index (χ1) is 19.1. The van der Waals surface area contributed by atoms with Crippen LogP contribution in [-0.2, 0) is 21.3 Å². The van der Waals surface area contributed by atoms with E-state index in [-0.39, 0.29) is 12.2 Å². The number of fused-ring (bicyclic) bond motifs is 1. The first kappa shape index (κ1) is 30.1. The Morgan fingerprint density at radius 3 is 2.29 bits per heavy atom. The van der Waals surface area contributed by atoms with E-state index in [0.29, 0.717) is 53.8 Å². The van der Waals surface area contributed by atoms with Gasteiger partial charge in [0.05, 0.1) is 11.6 Å². The monoisotopic (exact) mass is 589 g/mol. The second-order valence-corrected chi connectivity index (χ2v) is 12.5. The fourth-order valence-corrected chi connectivity index (χ4v) is 5.01. The zero-order chi connectivity index (χ0) is 30.0. The number of halogens is 3. The van der Waals surface area contributed by atoms with Crippen LogP contribution < -0.4 is 9.46 Å². The molecule has 0 aliphatic carbocycles. The highest BCUT2D eigenvalue weighted by molar-refractivity contribution is 7.90. The quantitative estimate of drug-likeness (QED) is 0.373. The van der Waals surface area contributed by atoms with Crippen LogP contribution in [0.4, 0.5) is 18.0 Å². The first-order valence-electron chi connectivity index (χ1n) is 12.9. The van der Waals surface area contributed by atoms with Crippen molar-refractivity contribution in [3.8, 4) is 22.9 Å². The van der Waals surface area contributed by atoms with Crippen LogP contribution in [0.1, 0.15) is 44.7 Å². The molecule has 41 heavy (non-hydrogen) atoms. The van der Waals surface area contributed by atoms with Crippen LogP contribution in [0.15, 0.2) is 54.6 Å². The van der Waals surface area contributed by atoms with Crippen molar-refractivity contribution < 1.29 is 35.9 Å². The summed E-state index contributed by atoms with van der Waals surface area (Å²) in [5, 5.41) is 10.6. The van der Waals surface area contributed by atoms with E-state index < -0.39 is 27.7 Å². The van der Waals surface area contributed by atoms with Gasteiger partial charge in [0.25, 0.3) is 0 Å². The Bertz CT molecular complexity index is 1570. The average Bonchev–Trinajstić information content (AvgIpc) is 2.90. The summed E-state index contributed by atoms with van der Waals surface area (Å²) in [5.74, 6) is 0.620. The van der Waals surface area contributed by atoms with Crippen molar-refractivity contribution in [3.05, 3.63) is 65.7 Å². The van der Waals surface area contributed by atoms with Gasteiger partial charge in [0, 0.05) is 32.5 Å². The first-order valence-corrected chi connectivity index (χ1v) is 14.4. The van der Waals surface area contributed by atoms with Gasteiger partial charge in [-0.25, -0.2) is 17.9 Å². The number of rotatable bonds is 6. The molecule has 0 radical (unpaired) electrons. The van der Waals surface area contributed by atoms with E-state index in [0.717, 1.165) is 10.9 Å². The third-order valence-corrected chi connectivity index (χ3v) is 7.61. The summed E-state index contributed by atoms with van der Waals surface area (Å²) in [6, 6.07) is 17.4. The molecule has 0 unspecified atom stereocenters. The number of carbonyl (C=O) groups is 1. The summed E-state index contributed by atoms with van der Waals surface area (Å²) in [6.45, 7) is 5.91. The average molecular weight is 590 g/mol. The van der Waals surface area contributed by atoms with E-state index in [1.165, 1.54) is 0 Å². The number of piperidine rings is 1. The summed E-state index contributed by atoms with van der Waals surface area (Å²) in [6.07, 6.45) is 0.850. The zero-order valence-electron chi connectivity index (χ0n) is 22.8. The molecule has 1 N–H and O–H groups in total. The van der Waals surface area contributed by atoms with Gasteiger partial charge in [-0.2, -0.15) is 18.4 Å². The largest absolute Gasteiger partial charge is 0.511 e. The minimum absolute atomic E-state index is 0.0882.